The summed E-state index contributed by atoms with van der Waals surface area (Å²) in [6.45, 7) is 4.89. The Morgan fingerprint density at radius 2 is 2.12 bits per heavy atom. The topological polar surface area (TPSA) is 110 Å². The average molecular weight is 330 g/mol. The predicted molar refractivity (Wildman–Crippen MR) is 91.1 cm³/mol. The van der Waals surface area contributed by atoms with Crippen molar-refractivity contribution in [2.24, 2.45) is 5.11 Å². The summed E-state index contributed by atoms with van der Waals surface area (Å²) in [7, 11) is 1.52. The molecule has 1 unspecified atom stereocenters. The van der Waals surface area contributed by atoms with Crippen molar-refractivity contribution in [2.75, 3.05) is 18.9 Å². The van der Waals surface area contributed by atoms with Gasteiger partial charge in [-0.2, -0.15) is 0 Å². The number of carbonyl (C=O) groups is 2. The first-order chi connectivity index (χ1) is 11.6. The zero-order valence-corrected chi connectivity index (χ0v) is 14.0. The molecule has 0 aliphatic carbocycles. The van der Waals surface area contributed by atoms with E-state index in [0.29, 0.717) is 5.69 Å². The molecule has 0 bridgehead atoms. The smallest absolute Gasteiger partial charge is 0.233 e. The maximum absolute atomic E-state index is 12.3. The number of fused-ring (bicyclic) bond motifs is 1. The fourth-order valence-corrected chi connectivity index (χ4v) is 2.69. The van der Waals surface area contributed by atoms with E-state index in [-0.39, 0.29) is 18.7 Å². The van der Waals surface area contributed by atoms with E-state index in [1.54, 1.807) is 0 Å². The van der Waals surface area contributed by atoms with Crippen LogP contribution in [0.15, 0.2) is 23.3 Å². The molecule has 1 aliphatic heterocycles. The van der Waals surface area contributed by atoms with Gasteiger partial charge in [0.05, 0.1) is 0 Å². The van der Waals surface area contributed by atoms with Gasteiger partial charge < -0.3 is 10.6 Å². The number of nitrogens with zero attached hydrogens (tertiary/aromatic N) is 4. The largest absolute Gasteiger partial charge is 0.359 e. The summed E-state index contributed by atoms with van der Waals surface area (Å²) in [6, 6.07) is 4.90. The van der Waals surface area contributed by atoms with Crippen molar-refractivity contribution >= 4 is 17.5 Å². The van der Waals surface area contributed by atoms with Crippen molar-refractivity contribution < 1.29 is 9.59 Å². The molecule has 0 fully saturated rings. The van der Waals surface area contributed by atoms with Crippen LogP contribution in [-0.4, -0.2) is 36.3 Å². The van der Waals surface area contributed by atoms with E-state index in [9.17, 15) is 9.59 Å². The van der Waals surface area contributed by atoms with Crippen molar-refractivity contribution in [1.29, 1.82) is 0 Å². The van der Waals surface area contributed by atoms with Crippen molar-refractivity contribution in [1.82, 2.24) is 10.2 Å². The number of nitrogens with one attached hydrogen (secondary N) is 2. The van der Waals surface area contributed by atoms with Crippen LogP contribution in [0.3, 0.4) is 0 Å². The van der Waals surface area contributed by atoms with Crippen LogP contribution in [0.25, 0.3) is 10.4 Å². The molecular formula is C16H22N6O2. The summed E-state index contributed by atoms with van der Waals surface area (Å²) in [5, 5.41) is 8.76. The molecule has 1 aromatic rings. The summed E-state index contributed by atoms with van der Waals surface area (Å²) in [4.78, 5) is 28.6. The van der Waals surface area contributed by atoms with Crippen LogP contribution >= 0.6 is 0 Å². The first kappa shape index (κ1) is 17.8. The summed E-state index contributed by atoms with van der Waals surface area (Å²) >= 11 is 0. The van der Waals surface area contributed by atoms with Crippen LogP contribution < -0.4 is 10.6 Å². The number of hydrogen-bond acceptors (Lipinski definition) is 4. The van der Waals surface area contributed by atoms with Gasteiger partial charge in [-0.15, -0.1) is 0 Å². The average Bonchev–Trinajstić information content (AvgIpc) is 3.00. The van der Waals surface area contributed by atoms with E-state index in [2.05, 4.69) is 32.5 Å². The van der Waals surface area contributed by atoms with Crippen LogP contribution in [-0.2, 0) is 22.7 Å². The van der Waals surface area contributed by atoms with Gasteiger partial charge in [-0.05, 0) is 41.8 Å². The molecule has 2 amide bonds. The fraction of sp³-hybridized carbons (Fsp3) is 0.500. The molecule has 2 rings (SSSR count). The molecule has 2 N–H and O–H groups in total. The molecule has 0 spiro atoms. The Balaban J connectivity index is 2.02. The second kappa shape index (κ2) is 8.33. The van der Waals surface area contributed by atoms with Crippen LogP contribution in [0, 0.1) is 0 Å². The molecule has 24 heavy (non-hydrogen) atoms. The van der Waals surface area contributed by atoms with Gasteiger partial charge in [0.25, 0.3) is 0 Å². The summed E-state index contributed by atoms with van der Waals surface area (Å²) in [5.74, 6) is -0.597. The Kier molecular flexibility index (Phi) is 6.17. The van der Waals surface area contributed by atoms with E-state index in [1.807, 2.05) is 18.2 Å². The van der Waals surface area contributed by atoms with Gasteiger partial charge in [0.2, 0.25) is 11.8 Å². The molecule has 8 heteroatoms. The Hall–Kier alpha value is -2.57. The highest BCUT2D eigenvalue weighted by molar-refractivity contribution is 5.95. The first-order valence-electron chi connectivity index (χ1n) is 7.97. The summed E-state index contributed by atoms with van der Waals surface area (Å²) in [6.07, 6.45) is 0.299. The third-order valence-electron chi connectivity index (χ3n) is 4.13. The van der Waals surface area contributed by atoms with E-state index in [0.717, 1.165) is 19.6 Å². The number of benzene rings is 1. The van der Waals surface area contributed by atoms with Crippen molar-refractivity contribution in [3.63, 3.8) is 0 Å². The third-order valence-corrected chi connectivity index (χ3v) is 4.13. The zero-order chi connectivity index (χ0) is 17.5. The molecule has 1 atom stereocenters. The number of anilines is 1. The Bertz CT molecular complexity index is 669. The molecular weight excluding hydrogens is 308 g/mol. The Labute approximate surface area is 140 Å². The highest BCUT2D eigenvalue weighted by Crippen LogP contribution is 2.25. The van der Waals surface area contributed by atoms with E-state index in [4.69, 9.17) is 5.53 Å². The van der Waals surface area contributed by atoms with Crippen molar-refractivity contribution in [3.05, 3.63) is 39.8 Å². The summed E-state index contributed by atoms with van der Waals surface area (Å²) < 4.78 is 0. The van der Waals surface area contributed by atoms with Gasteiger partial charge in [0.1, 0.15) is 6.04 Å². The molecule has 0 radical (unpaired) electrons. The number of hydrogen-bond donors (Lipinski definition) is 2. The van der Waals surface area contributed by atoms with Crippen molar-refractivity contribution in [3.8, 4) is 0 Å². The minimum absolute atomic E-state index is 0.128. The zero-order valence-electron chi connectivity index (χ0n) is 14.0. The van der Waals surface area contributed by atoms with Gasteiger partial charge in [-0.25, -0.2) is 0 Å². The summed E-state index contributed by atoms with van der Waals surface area (Å²) in [5.41, 5.74) is 11.8. The van der Waals surface area contributed by atoms with Gasteiger partial charge >= 0.3 is 0 Å². The second-order valence-electron chi connectivity index (χ2n) is 5.71. The number of carbonyl (C=O) groups excluding carboxylic acids is 2. The molecule has 128 valence electrons. The molecule has 0 aromatic heterocycles. The van der Waals surface area contributed by atoms with Gasteiger partial charge in [-0.3, -0.25) is 14.5 Å². The van der Waals surface area contributed by atoms with Crippen molar-refractivity contribution in [2.45, 2.75) is 38.9 Å². The maximum atomic E-state index is 12.3. The minimum atomic E-state index is -0.910. The van der Waals surface area contributed by atoms with Crippen LogP contribution in [0.4, 0.5) is 5.69 Å². The molecule has 1 aromatic carbocycles. The molecule has 0 saturated heterocycles. The van der Waals surface area contributed by atoms with E-state index < -0.39 is 11.9 Å². The quantitative estimate of drug-likeness (QED) is 0.454. The lowest BCUT2D eigenvalue weighted by molar-refractivity contribution is -0.121. The lowest BCUT2D eigenvalue weighted by atomic mass is 10.1. The fourth-order valence-electron chi connectivity index (χ4n) is 2.69. The Morgan fingerprint density at radius 3 is 2.79 bits per heavy atom. The Morgan fingerprint density at radius 1 is 1.38 bits per heavy atom. The van der Waals surface area contributed by atoms with Crippen LogP contribution in [0.1, 0.15) is 30.9 Å². The van der Waals surface area contributed by atoms with Crippen LogP contribution in [0.5, 0.6) is 0 Å². The van der Waals surface area contributed by atoms with Crippen LogP contribution in [0.2, 0.25) is 0 Å². The second-order valence-corrected chi connectivity index (χ2v) is 5.71. The highest BCUT2D eigenvalue weighted by atomic mass is 16.2. The molecule has 1 heterocycles. The van der Waals surface area contributed by atoms with E-state index >= 15 is 0 Å². The SMILES string of the molecule is CCN1Cc2ccc(NC(=O)C(CCC(=O)NC)N=[N+]=[N-])cc2C1. The van der Waals surface area contributed by atoms with Gasteiger partial charge in [0, 0.05) is 37.2 Å². The standard InChI is InChI=1S/C16H22N6O2/c1-3-22-9-11-4-5-13(8-12(11)10-22)19-16(24)14(20-21-17)6-7-15(23)18-2/h4-5,8,14H,3,6-7,9-10H2,1-2H3,(H,18,23)(H,19,24). The van der Waals surface area contributed by atoms with E-state index in [1.165, 1.54) is 18.2 Å². The monoisotopic (exact) mass is 330 g/mol. The minimum Gasteiger partial charge on any atom is -0.359 e. The first-order valence-corrected chi connectivity index (χ1v) is 7.97. The number of amides is 2. The van der Waals surface area contributed by atoms with Gasteiger partial charge in [0.15, 0.2) is 0 Å². The predicted octanol–water partition coefficient (Wildman–Crippen LogP) is 2.17. The normalized spacial score (nSPS) is 14.4. The molecule has 0 saturated carbocycles. The number of rotatable bonds is 7. The molecule has 1 aliphatic rings. The maximum Gasteiger partial charge on any atom is 0.233 e. The molecule has 8 nitrogen and oxygen atoms in total. The third kappa shape index (κ3) is 4.47. The lowest BCUT2D eigenvalue weighted by Gasteiger charge is -2.12. The van der Waals surface area contributed by atoms with Gasteiger partial charge in [-0.1, -0.05) is 18.1 Å². The lowest BCUT2D eigenvalue weighted by Crippen LogP contribution is -2.28. The highest BCUT2D eigenvalue weighted by Gasteiger charge is 2.20. The number of azide groups is 1.